The molecule has 1 aliphatic heterocycles. The molecule has 2 saturated carbocycles. The number of hydrogen-bond donors (Lipinski definition) is 0. The van der Waals surface area contributed by atoms with Gasteiger partial charge in [0, 0.05) is 24.6 Å². The van der Waals surface area contributed by atoms with Crippen LogP contribution in [0.5, 0.6) is 11.5 Å². The SMILES string of the molecule is O=C(/C=C/c1ccc(N2C(=O)C=CC2=O)cc1)Oc1ccc(OC(=O)C2CCC(C3CCC(CCCC(F)(F)F)CC3)CC2)cc1. The van der Waals surface area contributed by atoms with E-state index in [2.05, 4.69) is 0 Å². The van der Waals surface area contributed by atoms with Crippen molar-refractivity contribution in [2.45, 2.75) is 76.8 Å². The fraction of sp³-hybridized carbons (Fsp3) is 0.444. The molecule has 3 aliphatic rings. The van der Waals surface area contributed by atoms with E-state index in [1.807, 2.05) is 0 Å². The second-order valence-electron chi connectivity index (χ2n) is 12.5. The number of carbonyl (C=O) groups is 4. The highest BCUT2D eigenvalue weighted by Crippen LogP contribution is 2.43. The Hall–Kier alpha value is -4.21. The van der Waals surface area contributed by atoms with Gasteiger partial charge in [0.1, 0.15) is 11.5 Å². The highest BCUT2D eigenvalue weighted by molar-refractivity contribution is 6.28. The third-order valence-corrected chi connectivity index (χ3v) is 9.37. The number of anilines is 1. The molecule has 0 spiro atoms. The van der Waals surface area contributed by atoms with Crippen LogP contribution in [0.3, 0.4) is 0 Å². The first-order valence-electron chi connectivity index (χ1n) is 16.0. The van der Waals surface area contributed by atoms with Gasteiger partial charge >= 0.3 is 18.1 Å². The zero-order valence-electron chi connectivity index (χ0n) is 25.5. The van der Waals surface area contributed by atoms with E-state index in [1.54, 1.807) is 54.6 Å². The molecule has 2 amide bonds. The summed E-state index contributed by atoms with van der Waals surface area (Å²) in [5, 5.41) is 0. The van der Waals surface area contributed by atoms with Crippen molar-refractivity contribution >= 4 is 35.5 Å². The molecule has 2 aliphatic carbocycles. The Morgan fingerprint density at radius 3 is 1.87 bits per heavy atom. The first kappa shape index (κ1) is 33.2. The van der Waals surface area contributed by atoms with Crippen LogP contribution in [0.25, 0.3) is 6.08 Å². The van der Waals surface area contributed by atoms with Gasteiger partial charge in [-0.3, -0.25) is 14.4 Å². The van der Waals surface area contributed by atoms with Crippen LogP contribution in [0.4, 0.5) is 18.9 Å². The summed E-state index contributed by atoms with van der Waals surface area (Å²) in [6.45, 7) is 0. The van der Waals surface area contributed by atoms with Crippen molar-refractivity contribution in [1.29, 1.82) is 0 Å². The zero-order valence-corrected chi connectivity index (χ0v) is 25.5. The lowest BCUT2D eigenvalue weighted by molar-refractivity contribution is -0.140. The van der Waals surface area contributed by atoms with Gasteiger partial charge in [-0.15, -0.1) is 0 Å². The Kier molecular flexibility index (Phi) is 10.8. The number of esters is 2. The normalized spacial score (nSPS) is 23.6. The number of hydrogen-bond acceptors (Lipinski definition) is 6. The summed E-state index contributed by atoms with van der Waals surface area (Å²) in [5.41, 5.74) is 1.11. The minimum Gasteiger partial charge on any atom is -0.426 e. The van der Waals surface area contributed by atoms with E-state index >= 15 is 0 Å². The van der Waals surface area contributed by atoms with Crippen LogP contribution in [0, 0.1) is 23.7 Å². The number of alkyl halides is 3. The van der Waals surface area contributed by atoms with Crippen LogP contribution >= 0.6 is 0 Å². The summed E-state index contributed by atoms with van der Waals surface area (Å²) in [5.74, 6) is 0.380. The van der Waals surface area contributed by atoms with Crippen LogP contribution in [0.1, 0.15) is 76.2 Å². The molecule has 244 valence electrons. The highest BCUT2D eigenvalue weighted by Gasteiger charge is 2.34. The molecule has 0 unspecified atom stereocenters. The van der Waals surface area contributed by atoms with Crippen LogP contribution < -0.4 is 14.4 Å². The maximum atomic E-state index is 12.8. The van der Waals surface area contributed by atoms with E-state index < -0.39 is 30.4 Å². The first-order valence-corrected chi connectivity index (χ1v) is 16.0. The number of ether oxygens (including phenoxy) is 2. The number of carbonyl (C=O) groups excluding carboxylic acids is 4. The molecule has 0 bridgehead atoms. The second kappa shape index (κ2) is 14.9. The molecule has 0 radical (unpaired) electrons. The van der Waals surface area contributed by atoms with Crippen molar-refractivity contribution in [1.82, 2.24) is 0 Å². The van der Waals surface area contributed by atoms with Gasteiger partial charge in [-0.1, -0.05) is 31.4 Å². The predicted octanol–water partition coefficient (Wildman–Crippen LogP) is 7.99. The fourth-order valence-electron chi connectivity index (χ4n) is 6.84. The van der Waals surface area contributed by atoms with E-state index in [1.165, 1.54) is 18.2 Å². The van der Waals surface area contributed by atoms with Crippen molar-refractivity contribution in [2.75, 3.05) is 4.90 Å². The van der Waals surface area contributed by atoms with Crippen molar-refractivity contribution in [2.24, 2.45) is 23.7 Å². The van der Waals surface area contributed by atoms with E-state index in [4.69, 9.17) is 9.47 Å². The van der Waals surface area contributed by atoms with Crippen LogP contribution in [0.15, 0.2) is 66.8 Å². The maximum Gasteiger partial charge on any atom is 0.389 e. The molecule has 0 saturated heterocycles. The number of imide groups is 1. The smallest absolute Gasteiger partial charge is 0.389 e. The second-order valence-corrected chi connectivity index (χ2v) is 12.5. The van der Waals surface area contributed by atoms with Gasteiger partial charge in [0.2, 0.25) is 0 Å². The third-order valence-electron chi connectivity index (χ3n) is 9.37. The van der Waals surface area contributed by atoms with Crippen molar-refractivity contribution in [3.8, 4) is 11.5 Å². The van der Waals surface area contributed by atoms with E-state index in [0.29, 0.717) is 46.9 Å². The highest BCUT2D eigenvalue weighted by atomic mass is 19.4. The van der Waals surface area contributed by atoms with E-state index in [9.17, 15) is 32.3 Å². The summed E-state index contributed by atoms with van der Waals surface area (Å²) in [7, 11) is 0. The summed E-state index contributed by atoms with van der Waals surface area (Å²) >= 11 is 0. The number of rotatable bonds is 10. The summed E-state index contributed by atoms with van der Waals surface area (Å²) in [4.78, 5) is 49.8. The van der Waals surface area contributed by atoms with Gasteiger partial charge in [-0.25, -0.2) is 9.69 Å². The molecule has 1 heterocycles. The van der Waals surface area contributed by atoms with Gasteiger partial charge in [-0.2, -0.15) is 13.2 Å². The van der Waals surface area contributed by atoms with Gasteiger partial charge in [0.25, 0.3) is 11.8 Å². The molecule has 5 rings (SSSR count). The standard InChI is InChI=1S/C36H38F3NO6/c37-36(38,39)23-1-2-24-3-8-26(9-4-24)27-10-12-28(13-11-27)35(44)46-31-18-16-30(17-19-31)45-34(43)22-7-25-5-14-29(15-6-25)40-32(41)20-21-33(40)42/h5-7,14-22,24,26-28H,1-4,8-13,23H2/b22-7+. The average molecular weight is 638 g/mol. The third kappa shape index (κ3) is 9.17. The molecule has 2 aromatic carbocycles. The van der Waals surface area contributed by atoms with Crippen LogP contribution in [-0.2, 0) is 19.2 Å². The largest absolute Gasteiger partial charge is 0.426 e. The van der Waals surface area contributed by atoms with Gasteiger partial charge in [0.15, 0.2) is 0 Å². The predicted molar refractivity (Wildman–Crippen MR) is 166 cm³/mol. The minimum absolute atomic E-state index is 0.167. The Morgan fingerprint density at radius 2 is 1.30 bits per heavy atom. The van der Waals surface area contributed by atoms with Gasteiger partial charge in [0.05, 0.1) is 11.6 Å². The van der Waals surface area contributed by atoms with E-state index in [0.717, 1.165) is 56.3 Å². The lowest BCUT2D eigenvalue weighted by atomic mass is 9.68. The van der Waals surface area contributed by atoms with Crippen LogP contribution in [-0.4, -0.2) is 29.9 Å². The number of halogens is 3. The topological polar surface area (TPSA) is 90.0 Å². The summed E-state index contributed by atoms with van der Waals surface area (Å²) in [6, 6.07) is 12.8. The molecule has 0 aromatic heterocycles. The molecule has 0 N–H and O–H groups in total. The quantitative estimate of drug-likeness (QED) is 0.114. The molecule has 7 nitrogen and oxygen atoms in total. The average Bonchev–Trinajstić information content (AvgIpc) is 3.38. The molecule has 2 aromatic rings. The number of nitrogens with zero attached hydrogens (tertiary/aromatic N) is 1. The monoisotopic (exact) mass is 637 g/mol. The van der Waals surface area contributed by atoms with Gasteiger partial charge < -0.3 is 9.47 Å². The molecular formula is C36H38F3NO6. The molecule has 10 heteroatoms. The molecule has 0 atom stereocenters. The van der Waals surface area contributed by atoms with Crippen molar-refractivity contribution in [3.05, 3.63) is 72.3 Å². The molecule has 2 fully saturated rings. The lowest BCUT2D eigenvalue weighted by Gasteiger charge is -2.37. The lowest BCUT2D eigenvalue weighted by Crippen LogP contribution is -2.30. The van der Waals surface area contributed by atoms with E-state index in [-0.39, 0.29) is 18.3 Å². The fourth-order valence-corrected chi connectivity index (χ4v) is 6.84. The Labute approximate surface area is 266 Å². The summed E-state index contributed by atoms with van der Waals surface area (Å²) < 4.78 is 48.3. The summed E-state index contributed by atoms with van der Waals surface area (Å²) in [6.07, 6.45) is 8.99. The Morgan fingerprint density at radius 1 is 0.761 bits per heavy atom. The van der Waals surface area contributed by atoms with Crippen LogP contribution in [0.2, 0.25) is 0 Å². The first-order chi connectivity index (χ1) is 22.0. The Bertz CT molecular complexity index is 1430. The van der Waals surface area contributed by atoms with Crippen molar-refractivity contribution in [3.63, 3.8) is 0 Å². The number of benzene rings is 2. The van der Waals surface area contributed by atoms with Gasteiger partial charge in [-0.05, 0) is 111 Å². The molecule has 46 heavy (non-hydrogen) atoms. The maximum absolute atomic E-state index is 12.8. The zero-order chi connectivity index (χ0) is 32.7. The number of amides is 2. The Balaban J connectivity index is 1.00. The molecular weight excluding hydrogens is 599 g/mol. The van der Waals surface area contributed by atoms with Crippen molar-refractivity contribution < 1.29 is 41.8 Å². The minimum atomic E-state index is -4.06.